The van der Waals surface area contributed by atoms with Crippen LogP contribution in [0.15, 0.2) is 0 Å². The summed E-state index contributed by atoms with van der Waals surface area (Å²) in [5, 5.41) is 8.61. The van der Waals surface area contributed by atoms with Crippen molar-refractivity contribution >= 4 is 5.97 Å². The normalized spacial score (nSPS) is 25.1. The highest BCUT2D eigenvalue weighted by Gasteiger charge is 2.27. The highest BCUT2D eigenvalue weighted by molar-refractivity contribution is 5.69. The van der Waals surface area contributed by atoms with E-state index in [0.717, 1.165) is 19.4 Å². The van der Waals surface area contributed by atoms with Crippen LogP contribution >= 0.6 is 0 Å². The molecular weight excluding hydrogens is 156 g/mol. The first-order valence-corrected chi connectivity index (χ1v) is 4.23. The maximum absolute atomic E-state index is 10.5. The summed E-state index contributed by atoms with van der Waals surface area (Å²) in [6.45, 7) is 1.08. The molecule has 0 spiro atoms. The van der Waals surface area contributed by atoms with Crippen molar-refractivity contribution in [3.05, 3.63) is 0 Å². The summed E-state index contributed by atoms with van der Waals surface area (Å²) in [7, 11) is 3.98. The maximum Gasteiger partial charge on any atom is 0.317 e. The van der Waals surface area contributed by atoms with Gasteiger partial charge < -0.3 is 5.11 Å². The Kier molecular flexibility index (Phi) is 3.05. The Hall–Kier alpha value is -0.610. The van der Waals surface area contributed by atoms with Crippen LogP contribution in [-0.4, -0.2) is 54.2 Å². The number of hydrogen-bond acceptors (Lipinski definition) is 3. The predicted octanol–water partition coefficient (Wildman–Crippen LogP) is 0.0545. The number of carboxylic acid groups (broad SMARTS) is 1. The lowest BCUT2D eigenvalue weighted by molar-refractivity contribution is -0.139. The van der Waals surface area contributed by atoms with Crippen molar-refractivity contribution in [1.82, 2.24) is 9.80 Å². The zero-order valence-electron chi connectivity index (χ0n) is 7.66. The smallest absolute Gasteiger partial charge is 0.317 e. The van der Waals surface area contributed by atoms with Crippen LogP contribution in [0, 0.1) is 0 Å². The molecule has 1 rings (SSSR count). The fourth-order valence-corrected chi connectivity index (χ4v) is 1.75. The second-order valence-corrected chi connectivity index (χ2v) is 3.45. The molecule has 0 amide bonds. The molecule has 1 unspecified atom stereocenters. The van der Waals surface area contributed by atoms with E-state index < -0.39 is 5.97 Å². The van der Waals surface area contributed by atoms with Gasteiger partial charge >= 0.3 is 5.97 Å². The Morgan fingerprint density at radius 2 is 2.33 bits per heavy atom. The van der Waals surface area contributed by atoms with Crippen LogP contribution < -0.4 is 0 Å². The molecule has 0 saturated carbocycles. The molecule has 0 aliphatic carbocycles. The molecule has 1 fully saturated rings. The minimum absolute atomic E-state index is 0.169. The van der Waals surface area contributed by atoms with Crippen LogP contribution in [0.3, 0.4) is 0 Å². The lowest BCUT2D eigenvalue weighted by atomic mass is 10.3. The van der Waals surface area contributed by atoms with Gasteiger partial charge in [0.1, 0.15) is 0 Å². The number of nitrogens with zero attached hydrogens (tertiary/aromatic N) is 2. The van der Waals surface area contributed by atoms with Crippen LogP contribution in [0.5, 0.6) is 0 Å². The third-order valence-electron chi connectivity index (χ3n) is 2.26. The summed E-state index contributed by atoms with van der Waals surface area (Å²) in [6.07, 6.45) is 2.51. The molecule has 1 saturated heterocycles. The molecule has 4 heteroatoms. The lowest BCUT2D eigenvalue weighted by Crippen LogP contribution is -2.42. The van der Waals surface area contributed by atoms with E-state index >= 15 is 0 Å². The van der Waals surface area contributed by atoms with Gasteiger partial charge in [-0.1, -0.05) is 0 Å². The molecule has 1 N–H and O–H groups in total. The minimum Gasteiger partial charge on any atom is -0.480 e. The van der Waals surface area contributed by atoms with Gasteiger partial charge in [-0.25, -0.2) is 0 Å². The molecule has 12 heavy (non-hydrogen) atoms. The SMILES string of the molecule is CN(C)C1CCCN1CC(=O)O. The molecular formula is C8H16N2O2. The second kappa shape index (κ2) is 3.87. The van der Waals surface area contributed by atoms with Crippen molar-refractivity contribution < 1.29 is 9.90 Å². The first-order valence-electron chi connectivity index (χ1n) is 4.23. The van der Waals surface area contributed by atoms with Crippen molar-refractivity contribution in [2.24, 2.45) is 0 Å². The highest BCUT2D eigenvalue weighted by Crippen LogP contribution is 2.17. The molecule has 0 aromatic carbocycles. The van der Waals surface area contributed by atoms with Gasteiger partial charge in [0.25, 0.3) is 0 Å². The van der Waals surface area contributed by atoms with Crippen molar-refractivity contribution in [1.29, 1.82) is 0 Å². The number of hydrogen-bond donors (Lipinski definition) is 1. The largest absolute Gasteiger partial charge is 0.480 e. The van der Waals surface area contributed by atoms with Gasteiger partial charge in [0.2, 0.25) is 0 Å². The molecule has 0 aromatic rings. The van der Waals surface area contributed by atoms with E-state index in [-0.39, 0.29) is 6.54 Å². The van der Waals surface area contributed by atoms with Crippen LogP contribution in [0.4, 0.5) is 0 Å². The van der Waals surface area contributed by atoms with Crippen molar-refractivity contribution in [2.45, 2.75) is 19.0 Å². The average Bonchev–Trinajstić information content (AvgIpc) is 2.33. The predicted molar refractivity (Wildman–Crippen MR) is 45.9 cm³/mol. The van der Waals surface area contributed by atoms with E-state index in [1.165, 1.54) is 0 Å². The van der Waals surface area contributed by atoms with Gasteiger partial charge in [0.15, 0.2) is 0 Å². The molecule has 1 aliphatic heterocycles. The lowest BCUT2D eigenvalue weighted by Gasteiger charge is -2.28. The van der Waals surface area contributed by atoms with Gasteiger partial charge in [-0.3, -0.25) is 14.6 Å². The number of likely N-dealkylation sites (tertiary alicyclic amines) is 1. The molecule has 70 valence electrons. The number of carbonyl (C=O) groups is 1. The second-order valence-electron chi connectivity index (χ2n) is 3.45. The summed E-state index contributed by atoms with van der Waals surface area (Å²) in [5.74, 6) is -0.733. The summed E-state index contributed by atoms with van der Waals surface area (Å²) in [6, 6.07) is 0. The van der Waals surface area contributed by atoms with Crippen LogP contribution in [0.25, 0.3) is 0 Å². The number of rotatable bonds is 3. The van der Waals surface area contributed by atoms with Crippen LogP contribution in [0.2, 0.25) is 0 Å². The van der Waals surface area contributed by atoms with Crippen molar-refractivity contribution in [2.75, 3.05) is 27.2 Å². The molecule has 1 atom stereocenters. The first-order chi connectivity index (χ1) is 5.61. The fourth-order valence-electron chi connectivity index (χ4n) is 1.75. The van der Waals surface area contributed by atoms with E-state index in [9.17, 15) is 4.79 Å². The van der Waals surface area contributed by atoms with Gasteiger partial charge in [-0.05, 0) is 26.9 Å². The maximum atomic E-state index is 10.5. The van der Waals surface area contributed by atoms with Crippen molar-refractivity contribution in [3.8, 4) is 0 Å². The Balaban J connectivity index is 2.46. The van der Waals surface area contributed by atoms with Gasteiger partial charge in [0.05, 0.1) is 12.7 Å². The van der Waals surface area contributed by atoms with E-state index in [2.05, 4.69) is 4.90 Å². The third-order valence-corrected chi connectivity index (χ3v) is 2.26. The molecule has 1 heterocycles. The van der Waals surface area contributed by atoms with E-state index in [0.29, 0.717) is 6.17 Å². The number of carboxylic acids is 1. The standard InChI is InChI=1S/C8H16N2O2/c1-9(2)7-4-3-5-10(7)6-8(11)12/h7H,3-6H2,1-2H3,(H,11,12). The fraction of sp³-hybridized carbons (Fsp3) is 0.875. The molecule has 4 nitrogen and oxygen atoms in total. The van der Waals surface area contributed by atoms with Gasteiger partial charge in [-0.15, -0.1) is 0 Å². The van der Waals surface area contributed by atoms with Gasteiger partial charge in [-0.2, -0.15) is 0 Å². The third kappa shape index (κ3) is 2.19. The molecule has 1 aliphatic rings. The van der Waals surface area contributed by atoms with E-state index in [1.54, 1.807) is 0 Å². The van der Waals surface area contributed by atoms with Crippen LogP contribution in [0.1, 0.15) is 12.8 Å². The monoisotopic (exact) mass is 172 g/mol. The first kappa shape index (κ1) is 9.48. The Labute approximate surface area is 72.8 Å². The molecule has 0 radical (unpaired) electrons. The summed E-state index contributed by atoms with van der Waals surface area (Å²) < 4.78 is 0. The summed E-state index contributed by atoms with van der Waals surface area (Å²) in [5.41, 5.74) is 0. The van der Waals surface area contributed by atoms with E-state index in [1.807, 2.05) is 19.0 Å². The zero-order valence-corrected chi connectivity index (χ0v) is 7.66. The highest BCUT2D eigenvalue weighted by atomic mass is 16.4. The molecule has 0 bridgehead atoms. The summed E-state index contributed by atoms with van der Waals surface area (Å²) >= 11 is 0. The Bertz CT molecular complexity index is 170. The quantitative estimate of drug-likeness (QED) is 0.653. The topological polar surface area (TPSA) is 43.8 Å². The van der Waals surface area contributed by atoms with Gasteiger partial charge in [0, 0.05) is 6.54 Å². The average molecular weight is 172 g/mol. The minimum atomic E-state index is -0.733. The summed E-state index contributed by atoms with van der Waals surface area (Å²) in [4.78, 5) is 14.5. The number of aliphatic carboxylic acids is 1. The molecule has 0 aromatic heterocycles. The Morgan fingerprint density at radius 1 is 1.67 bits per heavy atom. The van der Waals surface area contributed by atoms with E-state index in [4.69, 9.17) is 5.11 Å². The van der Waals surface area contributed by atoms with Crippen LogP contribution in [-0.2, 0) is 4.79 Å². The Morgan fingerprint density at radius 3 is 2.83 bits per heavy atom. The van der Waals surface area contributed by atoms with Crippen molar-refractivity contribution in [3.63, 3.8) is 0 Å². The zero-order chi connectivity index (χ0) is 9.14.